The van der Waals surface area contributed by atoms with E-state index in [9.17, 15) is 9.59 Å². The zero-order chi connectivity index (χ0) is 20.2. The first-order chi connectivity index (χ1) is 14.2. The first kappa shape index (κ1) is 23.1. The summed E-state index contributed by atoms with van der Waals surface area (Å²) in [5.41, 5.74) is 4.65. The summed E-state index contributed by atoms with van der Waals surface area (Å²) in [6.07, 6.45) is 7.42. The summed E-state index contributed by atoms with van der Waals surface area (Å²) in [5.74, 6) is 0.172. The second kappa shape index (κ2) is 10.6. The van der Waals surface area contributed by atoms with Crippen molar-refractivity contribution >= 4 is 29.8 Å². The third kappa shape index (κ3) is 5.17. The third-order valence-electron chi connectivity index (χ3n) is 7.15. The Kier molecular flexibility index (Phi) is 8.18. The molecule has 2 heterocycles. The molecule has 0 atom stereocenters. The van der Waals surface area contributed by atoms with Crippen molar-refractivity contribution in [3.05, 3.63) is 29.3 Å². The number of fused-ring (bicyclic) bond motifs is 1. The van der Waals surface area contributed by atoms with Gasteiger partial charge in [0.25, 0.3) is 5.91 Å². The Morgan fingerprint density at radius 1 is 1.00 bits per heavy atom. The molecule has 5 nitrogen and oxygen atoms in total. The van der Waals surface area contributed by atoms with Gasteiger partial charge in [0.2, 0.25) is 5.78 Å². The highest BCUT2D eigenvalue weighted by Crippen LogP contribution is 2.32. The number of piperazine rings is 1. The van der Waals surface area contributed by atoms with E-state index in [-0.39, 0.29) is 24.1 Å². The number of nitrogens with zero attached hydrogens (tertiary/aromatic N) is 3. The van der Waals surface area contributed by atoms with Crippen molar-refractivity contribution in [2.45, 2.75) is 51.9 Å². The predicted octanol–water partition coefficient (Wildman–Crippen LogP) is 3.33. The Balaban J connectivity index is 0.00000256. The monoisotopic (exact) mass is 433 g/mol. The maximum atomic E-state index is 12.0. The van der Waals surface area contributed by atoms with Crippen LogP contribution in [0.2, 0.25) is 0 Å². The van der Waals surface area contributed by atoms with Gasteiger partial charge in [-0.05, 0) is 68.2 Å². The number of ketones is 1. The zero-order valence-corrected chi connectivity index (χ0v) is 19.1. The van der Waals surface area contributed by atoms with Gasteiger partial charge >= 0.3 is 0 Å². The zero-order valence-electron chi connectivity index (χ0n) is 18.3. The molecule has 0 aromatic heterocycles. The fraction of sp³-hybridized carbons (Fsp3) is 0.667. The minimum absolute atomic E-state index is 0. The molecule has 30 heavy (non-hydrogen) atoms. The SMILES string of the molecule is CCC(=O)C(=O)N1CCC(CCN2CCN(c3cccc4c3CCC4)CC2)CC1.Cl. The summed E-state index contributed by atoms with van der Waals surface area (Å²) >= 11 is 0. The van der Waals surface area contributed by atoms with Crippen molar-refractivity contribution in [1.29, 1.82) is 0 Å². The van der Waals surface area contributed by atoms with E-state index in [1.54, 1.807) is 23.0 Å². The number of hydrogen-bond acceptors (Lipinski definition) is 4. The largest absolute Gasteiger partial charge is 0.369 e. The fourth-order valence-electron chi connectivity index (χ4n) is 5.23. The van der Waals surface area contributed by atoms with Gasteiger partial charge in [-0.2, -0.15) is 0 Å². The number of halogens is 1. The van der Waals surface area contributed by atoms with Gasteiger partial charge in [0, 0.05) is 51.4 Å². The summed E-state index contributed by atoms with van der Waals surface area (Å²) in [4.78, 5) is 30.6. The van der Waals surface area contributed by atoms with E-state index in [0.717, 1.165) is 58.7 Å². The summed E-state index contributed by atoms with van der Waals surface area (Å²) in [6, 6.07) is 6.86. The minimum atomic E-state index is -0.269. The average molecular weight is 434 g/mol. The number of piperidine rings is 1. The van der Waals surface area contributed by atoms with Crippen LogP contribution < -0.4 is 4.90 Å². The molecule has 2 aliphatic heterocycles. The van der Waals surface area contributed by atoms with E-state index in [1.807, 2.05) is 0 Å². The van der Waals surface area contributed by atoms with Crippen LogP contribution >= 0.6 is 12.4 Å². The molecule has 1 aromatic rings. The molecule has 2 saturated heterocycles. The Hall–Kier alpha value is -1.59. The molecule has 0 N–H and O–H groups in total. The molecular formula is C24H36ClN3O2. The van der Waals surface area contributed by atoms with Crippen LogP contribution in [-0.4, -0.2) is 67.3 Å². The van der Waals surface area contributed by atoms with Gasteiger partial charge in [0.05, 0.1) is 0 Å². The summed E-state index contributed by atoms with van der Waals surface area (Å²) < 4.78 is 0. The van der Waals surface area contributed by atoms with Crippen LogP contribution in [0, 0.1) is 5.92 Å². The molecule has 0 bridgehead atoms. The van der Waals surface area contributed by atoms with E-state index < -0.39 is 0 Å². The Morgan fingerprint density at radius 2 is 1.73 bits per heavy atom. The van der Waals surface area contributed by atoms with Crippen molar-refractivity contribution < 1.29 is 9.59 Å². The highest BCUT2D eigenvalue weighted by atomic mass is 35.5. The summed E-state index contributed by atoms with van der Waals surface area (Å²) in [7, 11) is 0. The van der Waals surface area contributed by atoms with E-state index >= 15 is 0 Å². The molecule has 2 fully saturated rings. The smallest absolute Gasteiger partial charge is 0.289 e. The van der Waals surface area contributed by atoms with Crippen LogP contribution in [0.25, 0.3) is 0 Å². The van der Waals surface area contributed by atoms with Gasteiger partial charge in [-0.15, -0.1) is 12.4 Å². The molecule has 6 heteroatoms. The maximum absolute atomic E-state index is 12.0. The quantitative estimate of drug-likeness (QED) is 0.645. The van der Waals surface area contributed by atoms with Gasteiger partial charge < -0.3 is 9.80 Å². The number of amides is 1. The molecule has 0 spiro atoms. The topological polar surface area (TPSA) is 43.9 Å². The van der Waals surface area contributed by atoms with E-state index in [1.165, 1.54) is 31.4 Å². The molecule has 4 rings (SSSR count). The van der Waals surface area contributed by atoms with Crippen molar-refractivity contribution in [2.75, 3.05) is 50.7 Å². The normalized spacial score (nSPS) is 20.0. The number of anilines is 1. The minimum Gasteiger partial charge on any atom is -0.369 e. The number of carbonyl (C=O) groups excluding carboxylic acids is 2. The van der Waals surface area contributed by atoms with Gasteiger partial charge in [-0.25, -0.2) is 0 Å². The molecule has 0 radical (unpaired) electrons. The second-order valence-electron chi connectivity index (χ2n) is 8.90. The maximum Gasteiger partial charge on any atom is 0.289 e. The second-order valence-corrected chi connectivity index (χ2v) is 8.90. The number of aryl methyl sites for hydroxylation is 1. The van der Waals surface area contributed by atoms with Crippen LogP contribution in [0.4, 0.5) is 5.69 Å². The van der Waals surface area contributed by atoms with Crippen LogP contribution in [0.5, 0.6) is 0 Å². The van der Waals surface area contributed by atoms with E-state index in [2.05, 4.69) is 28.0 Å². The first-order valence-corrected chi connectivity index (χ1v) is 11.6. The molecule has 3 aliphatic rings. The number of Topliss-reactive ketones (excluding diaryl/α,β-unsaturated/α-hetero) is 1. The summed E-state index contributed by atoms with van der Waals surface area (Å²) in [5, 5.41) is 0. The number of likely N-dealkylation sites (tertiary alicyclic amines) is 1. The molecule has 1 amide bonds. The fourth-order valence-corrected chi connectivity index (χ4v) is 5.23. The lowest BCUT2D eigenvalue weighted by atomic mass is 9.93. The number of hydrogen-bond donors (Lipinski definition) is 0. The highest BCUT2D eigenvalue weighted by molar-refractivity contribution is 6.35. The van der Waals surface area contributed by atoms with E-state index in [4.69, 9.17) is 0 Å². The first-order valence-electron chi connectivity index (χ1n) is 11.6. The molecule has 1 aliphatic carbocycles. The lowest BCUT2D eigenvalue weighted by Crippen LogP contribution is -2.47. The lowest BCUT2D eigenvalue weighted by Gasteiger charge is -2.38. The molecule has 166 valence electrons. The van der Waals surface area contributed by atoms with Crippen LogP contribution in [0.1, 0.15) is 50.2 Å². The van der Waals surface area contributed by atoms with Crippen LogP contribution in [-0.2, 0) is 22.4 Å². The van der Waals surface area contributed by atoms with Crippen molar-refractivity contribution in [2.24, 2.45) is 5.92 Å². The molecule has 0 unspecified atom stereocenters. The van der Waals surface area contributed by atoms with Crippen molar-refractivity contribution in [1.82, 2.24) is 9.80 Å². The van der Waals surface area contributed by atoms with Gasteiger partial charge in [-0.3, -0.25) is 14.5 Å². The van der Waals surface area contributed by atoms with Gasteiger partial charge in [-0.1, -0.05) is 19.1 Å². The van der Waals surface area contributed by atoms with Crippen molar-refractivity contribution in [3.63, 3.8) is 0 Å². The Morgan fingerprint density at radius 3 is 2.43 bits per heavy atom. The highest BCUT2D eigenvalue weighted by Gasteiger charge is 2.27. The number of rotatable bonds is 6. The Bertz CT molecular complexity index is 738. The predicted molar refractivity (Wildman–Crippen MR) is 124 cm³/mol. The molecule has 1 aromatic carbocycles. The van der Waals surface area contributed by atoms with Crippen LogP contribution in [0.15, 0.2) is 18.2 Å². The standard InChI is InChI=1S/C24H35N3O2.ClH/c1-2-23(28)24(29)27-13-10-19(11-14-27)9-12-25-15-17-26(18-16-25)22-8-4-6-20-5-3-7-21(20)22;/h4,6,8,19H,2-3,5,7,9-18H2,1H3;1H. The summed E-state index contributed by atoms with van der Waals surface area (Å²) in [6.45, 7) is 8.97. The number of carbonyl (C=O) groups is 2. The van der Waals surface area contributed by atoms with Crippen LogP contribution in [0.3, 0.4) is 0 Å². The Labute approximate surface area is 187 Å². The average Bonchev–Trinajstić information content (AvgIpc) is 3.26. The van der Waals surface area contributed by atoms with Gasteiger partial charge in [0.15, 0.2) is 0 Å². The van der Waals surface area contributed by atoms with E-state index in [0.29, 0.717) is 12.3 Å². The lowest BCUT2D eigenvalue weighted by molar-refractivity contribution is -0.145. The molecular weight excluding hydrogens is 398 g/mol. The molecule has 0 saturated carbocycles. The number of benzene rings is 1. The van der Waals surface area contributed by atoms with Crippen molar-refractivity contribution in [3.8, 4) is 0 Å². The van der Waals surface area contributed by atoms with Gasteiger partial charge in [0.1, 0.15) is 0 Å². The third-order valence-corrected chi connectivity index (χ3v) is 7.15.